The van der Waals surface area contributed by atoms with Gasteiger partial charge in [0.2, 0.25) is 0 Å². The first-order chi connectivity index (χ1) is 10.7. The van der Waals surface area contributed by atoms with Crippen LogP contribution in [-0.4, -0.2) is 18.2 Å². The highest BCUT2D eigenvalue weighted by Gasteiger charge is 2.06. The lowest BCUT2D eigenvalue weighted by Crippen LogP contribution is -2.25. The molecule has 0 aliphatic carbocycles. The van der Waals surface area contributed by atoms with E-state index >= 15 is 0 Å². The standard InChI is InChI=1S/C18H16N2OS/c19-13-17(12-14-4-2-1-3-5-14)15-6-8-16(9-7-15)18(21)20-10-11-22/h1-9,12,22H,10-11H2,(H,20,21)/b17-12+. The summed E-state index contributed by atoms with van der Waals surface area (Å²) in [5.41, 5.74) is 2.89. The molecule has 0 saturated carbocycles. The Labute approximate surface area is 135 Å². The SMILES string of the molecule is N#C/C(=C\c1ccccc1)c1ccc(C(=O)NCCS)cc1. The molecule has 0 fully saturated rings. The summed E-state index contributed by atoms with van der Waals surface area (Å²) in [6.07, 6.45) is 1.83. The van der Waals surface area contributed by atoms with Crippen LogP contribution in [0.15, 0.2) is 54.6 Å². The first kappa shape index (κ1) is 15.9. The van der Waals surface area contributed by atoms with E-state index in [1.165, 1.54) is 0 Å². The van der Waals surface area contributed by atoms with Gasteiger partial charge in [-0.2, -0.15) is 17.9 Å². The zero-order valence-electron chi connectivity index (χ0n) is 12.0. The largest absolute Gasteiger partial charge is 0.351 e. The molecule has 0 heterocycles. The van der Waals surface area contributed by atoms with Gasteiger partial charge >= 0.3 is 0 Å². The highest BCUT2D eigenvalue weighted by atomic mass is 32.1. The van der Waals surface area contributed by atoms with Crippen LogP contribution in [0.2, 0.25) is 0 Å². The smallest absolute Gasteiger partial charge is 0.251 e. The molecule has 0 saturated heterocycles. The van der Waals surface area contributed by atoms with Crippen molar-refractivity contribution in [3.05, 3.63) is 71.3 Å². The fourth-order valence-electron chi connectivity index (χ4n) is 1.97. The molecule has 3 nitrogen and oxygen atoms in total. The van der Waals surface area contributed by atoms with Crippen LogP contribution in [0.3, 0.4) is 0 Å². The lowest BCUT2D eigenvalue weighted by molar-refractivity contribution is 0.0956. The summed E-state index contributed by atoms with van der Waals surface area (Å²) in [6.45, 7) is 0.529. The monoisotopic (exact) mass is 308 g/mol. The van der Waals surface area contributed by atoms with Gasteiger partial charge in [-0.1, -0.05) is 42.5 Å². The third-order valence-corrected chi connectivity index (χ3v) is 3.31. The Hall–Kier alpha value is -2.51. The number of amides is 1. The van der Waals surface area contributed by atoms with Crippen molar-refractivity contribution in [2.24, 2.45) is 0 Å². The normalized spacial score (nSPS) is 10.8. The summed E-state index contributed by atoms with van der Waals surface area (Å²) in [5, 5.41) is 12.1. The number of nitriles is 1. The Balaban J connectivity index is 2.20. The summed E-state index contributed by atoms with van der Waals surface area (Å²) in [4.78, 5) is 11.8. The number of benzene rings is 2. The van der Waals surface area contributed by atoms with E-state index in [0.717, 1.165) is 11.1 Å². The molecule has 0 unspecified atom stereocenters. The highest BCUT2D eigenvalue weighted by molar-refractivity contribution is 7.80. The Morgan fingerprint density at radius 3 is 2.32 bits per heavy atom. The van der Waals surface area contributed by atoms with Crippen molar-refractivity contribution < 1.29 is 4.79 Å². The molecule has 0 spiro atoms. The Kier molecular flexibility index (Phi) is 5.81. The molecule has 0 aliphatic heterocycles. The van der Waals surface area contributed by atoms with Crippen LogP contribution in [0, 0.1) is 11.3 Å². The zero-order chi connectivity index (χ0) is 15.8. The van der Waals surface area contributed by atoms with E-state index in [0.29, 0.717) is 23.4 Å². The van der Waals surface area contributed by atoms with Crippen LogP contribution in [0.5, 0.6) is 0 Å². The first-order valence-corrected chi connectivity index (χ1v) is 7.54. The summed E-state index contributed by atoms with van der Waals surface area (Å²) in [6, 6.07) is 18.9. The minimum atomic E-state index is -0.133. The van der Waals surface area contributed by atoms with Gasteiger partial charge in [0.05, 0.1) is 11.6 Å². The van der Waals surface area contributed by atoms with E-state index in [1.807, 2.05) is 36.4 Å². The van der Waals surface area contributed by atoms with Crippen molar-refractivity contribution in [2.45, 2.75) is 0 Å². The van der Waals surface area contributed by atoms with Crippen molar-refractivity contribution in [3.63, 3.8) is 0 Å². The van der Waals surface area contributed by atoms with E-state index in [-0.39, 0.29) is 5.91 Å². The van der Waals surface area contributed by atoms with Gasteiger partial charge in [0.25, 0.3) is 5.91 Å². The third-order valence-electron chi connectivity index (χ3n) is 3.09. The van der Waals surface area contributed by atoms with Crippen molar-refractivity contribution in [3.8, 4) is 6.07 Å². The molecule has 2 aromatic carbocycles. The number of thiol groups is 1. The average molecular weight is 308 g/mol. The van der Waals surface area contributed by atoms with Crippen molar-refractivity contribution >= 4 is 30.2 Å². The minimum absolute atomic E-state index is 0.133. The molecule has 2 rings (SSSR count). The zero-order valence-corrected chi connectivity index (χ0v) is 12.9. The number of carbonyl (C=O) groups is 1. The second kappa shape index (κ2) is 8.06. The molecule has 0 atom stereocenters. The van der Waals surface area contributed by atoms with Crippen LogP contribution < -0.4 is 5.32 Å². The lowest BCUT2D eigenvalue weighted by Gasteiger charge is -2.05. The second-order valence-electron chi connectivity index (χ2n) is 4.64. The van der Waals surface area contributed by atoms with Gasteiger partial charge in [-0.3, -0.25) is 4.79 Å². The maximum atomic E-state index is 11.8. The van der Waals surface area contributed by atoms with Gasteiger partial charge in [-0.05, 0) is 29.3 Å². The van der Waals surface area contributed by atoms with E-state index in [1.54, 1.807) is 24.3 Å². The molecular weight excluding hydrogens is 292 g/mol. The van der Waals surface area contributed by atoms with E-state index in [4.69, 9.17) is 0 Å². The highest BCUT2D eigenvalue weighted by Crippen LogP contribution is 2.18. The number of nitrogens with zero attached hydrogens (tertiary/aromatic N) is 1. The summed E-state index contributed by atoms with van der Waals surface area (Å²) >= 11 is 4.05. The van der Waals surface area contributed by atoms with Gasteiger partial charge in [0.15, 0.2) is 0 Å². The van der Waals surface area contributed by atoms with Gasteiger partial charge in [-0.25, -0.2) is 0 Å². The predicted molar refractivity (Wildman–Crippen MR) is 92.6 cm³/mol. The second-order valence-corrected chi connectivity index (χ2v) is 5.08. The number of nitrogens with one attached hydrogen (secondary N) is 1. The number of rotatable bonds is 5. The maximum absolute atomic E-state index is 11.8. The lowest BCUT2D eigenvalue weighted by atomic mass is 10.0. The molecule has 1 N–H and O–H groups in total. The predicted octanol–water partition coefficient (Wildman–Crippen LogP) is 3.41. The quantitative estimate of drug-likeness (QED) is 0.505. The van der Waals surface area contributed by atoms with E-state index < -0.39 is 0 Å². The van der Waals surface area contributed by atoms with Gasteiger partial charge in [0.1, 0.15) is 0 Å². The van der Waals surface area contributed by atoms with Crippen LogP contribution in [0.4, 0.5) is 0 Å². The van der Waals surface area contributed by atoms with E-state index in [2.05, 4.69) is 24.0 Å². The number of allylic oxidation sites excluding steroid dienone is 1. The van der Waals surface area contributed by atoms with E-state index in [9.17, 15) is 10.1 Å². The number of hydrogen-bond acceptors (Lipinski definition) is 3. The number of carbonyl (C=O) groups excluding carboxylic acids is 1. The Morgan fingerprint density at radius 1 is 1.09 bits per heavy atom. The Bertz CT molecular complexity index is 700. The van der Waals surface area contributed by atoms with Crippen molar-refractivity contribution in [1.29, 1.82) is 5.26 Å². The number of hydrogen-bond donors (Lipinski definition) is 2. The molecule has 4 heteroatoms. The van der Waals surface area contributed by atoms with Crippen LogP contribution in [0.25, 0.3) is 11.6 Å². The molecule has 0 aliphatic rings. The van der Waals surface area contributed by atoms with Gasteiger partial charge in [-0.15, -0.1) is 0 Å². The molecular formula is C18H16N2OS. The Morgan fingerprint density at radius 2 is 1.73 bits per heavy atom. The molecule has 110 valence electrons. The minimum Gasteiger partial charge on any atom is -0.351 e. The molecule has 0 aromatic heterocycles. The summed E-state index contributed by atoms with van der Waals surface area (Å²) < 4.78 is 0. The third kappa shape index (κ3) is 4.24. The molecule has 22 heavy (non-hydrogen) atoms. The summed E-state index contributed by atoms with van der Waals surface area (Å²) in [5.74, 6) is 0.466. The van der Waals surface area contributed by atoms with Crippen molar-refractivity contribution in [1.82, 2.24) is 5.32 Å². The van der Waals surface area contributed by atoms with Crippen LogP contribution in [0.1, 0.15) is 21.5 Å². The van der Waals surface area contributed by atoms with Gasteiger partial charge < -0.3 is 5.32 Å². The first-order valence-electron chi connectivity index (χ1n) is 6.91. The summed E-state index contributed by atoms with van der Waals surface area (Å²) in [7, 11) is 0. The molecule has 2 aromatic rings. The van der Waals surface area contributed by atoms with Crippen LogP contribution >= 0.6 is 12.6 Å². The molecule has 0 radical (unpaired) electrons. The average Bonchev–Trinajstić information content (AvgIpc) is 2.58. The van der Waals surface area contributed by atoms with Crippen molar-refractivity contribution in [2.75, 3.05) is 12.3 Å². The topological polar surface area (TPSA) is 52.9 Å². The fourth-order valence-corrected chi connectivity index (χ4v) is 2.08. The molecule has 1 amide bonds. The maximum Gasteiger partial charge on any atom is 0.251 e. The molecule has 0 bridgehead atoms. The van der Waals surface area contributed by atoms with Crippen LogP contribution in [-0.2, 0) is 0 Å². The fraction of sp³-hybridized carbons (Fsp3) is 0.111. The van der Waals surface area contributed by atoms with Gasteiger partial charge in [0, 0.05) is 17.9 Å².